The van der Waals surface area contributed by atoms with E-state index in [1.165, 1.54) is 77.9 Å². The minimum absolute atomic E-state index is 0.0111. The molecular formula is C74H65N3O+2. The number of ether oxygens (including phenoxy) is 1. The molecule has 0 bridgehead atoms. The molecule has 1 spiro atoms. The summed E-state index contributed by atoms with van der Waals surface area (Å²) in [5, 5.41) is 0. The molecule has 5 heterocycles. The Bertz CT molecular complexity index is 4240. The molecule has 4 heteroatoms. The smallest absolute Gasteiger partial charge is 0.392 e. The molecule has 4 nitrogen and oxygen atoms in total. The number of aryl methyl sites for hydroxylation is 1. The third kappa shape index (κ3) is 7.18. The molecule has 3 aliphatic rings. The Morgan fingerprint density at radius 2 is 0.974 bits per heavy atom. The number of imidazole rings is 1. The Kier molecular flexibility index (Phi) is 10.4. The van der Waals surface area contributed by atoms with E-state index in [1.807, 2.05) is 0 Å². The van der Waals surface area contributed by atoms with Gasteiger partial charge in [0.1, 0.15) is 16.8 Å². The van der Waals surface area contributed by atoms with Gasteiger partial charge < -0.3 is 4.74 Å². The van der Waals surface area contributed by atoms with Crippen LogP contribution >= 0.6 is 0 Å². The Balaban J connectivity index is 1.14. The number of pyridine rings is 1. The fourth-order valence-electron chi connectivity index (χ4n) is 12.8. The maximum Gasteiger partial charge on any atom is 0.499 e. The van der Waals surface area contributed by atoms with Gasteiger partial charge in [0.25, 0.3) is 0 Å². The predicted octanol–water partition coefficient (Wildman–Crippen LogP) is 18.0. The van der Waals surface area contributed by atoms with Crippen LogP contribution in [0, 0.1) is 6.92 Å². The van der Waals surface area contributed by atoms with Gasteiger partial charge in [-0.3, -0.25) is 0 Å². The van der Waals surface area contributed by atoms with Crippen molar-refractivity contribution < 1.29 is 13.9 Å². The van der Waals surface area contributed by atoms with Crippen molar-refractivity contribution in [2.45, 2.75) is 91.3 Å². The van der Waals surface area contributed by atoms with Crippen LogP contribution in [0.2, 0.25) is 0 Å². The summed E-state index contributed by atoms with van der Waals surface area (Å²) in [4.78, 5) is 0. The molecule has 0 saturated heterocycles. The monoisotopic (exact) mass is 1010 g/mol. The molecule has 14 rings (SSSR count). The van der Waals surface area contributed by atoms with Gasteiger partial charge in [-0.1, -0.05) is 214 Å². The van der Waals surface area contributed by atoms with Gasteiger partial charge in [0.2, 0.25) is 5.69 Å². The van der Waals surface area contributed by atoms with E-state index in [1.54, 1.807) is 0 Å². The Hall–Kier alpha value is -8.60. The quantitative estimate of drug-likeness (QED) is 0.152. The molecule has 2 aromatic heterocycles. The minimum Gasteiger partial charge on any atom is -0.392 e. The van der Waals surface area contributed by atoms with Crippen LogP contribution in [-0.2, 0) is 22.1 Å². The van der Waals surface area contributed by atoms with Gasteiger partial charge in [-0.2, -0.15) is 4.57 Å². The van der Waals surface area contributed by atoms with Crippen LogP contribution in [-0.4, -0.2) is 4.57 Å². The Morgan fingerprint density at radius 3 is 1.60 bits per heavy atom. The average molecular weight is 1010 g/mol. The molecule has 78 heavy (non-hydrogen) atoms. The molecule has 11 aromatic rings. The van der Waals surface area contributed by atoms with Crippen molar-refractivity contribution >= 4 is 11.0 Å². The standard InChI is InChI=1S/C74H65N3O/c1-46-39-59(52-33-35-55(36-34-52)71(2,3)4)66(45-58(46)51-25-18-13-19-26-51)76-64-28-20-27-57-60-40-54(48-23-16-12-17-24-48)41-61-65-42-53(50-31-29-49(30-32-50)47-21-14-11-15-22-47)37-38-75(65)74(67(60)61)77(68(57)64)70(76)62-43-56(72(5,6)7)44-63(69(62)78-74)73(8,9)10/h11-45H,1-10H3/q+2. The van der Waals surface area contributed by atoms with Crippen LogP contribution in [0.1, 0.15) is 90.1 Å². The highest BCUT2D eigenvalue weighted by Crippen LogP contribution is 2.57. The lowest BCUT2D eigenvalue weighted by molar-refractivity contribution is -0.997. The van der Waals surface area contributed by atoms with Crippen LogP contribution in [0.15, 0.2) is 212 Å². The third-order valence-electron chi connectivity index (χ3n) is 16.9. The van der Waals surface area contributed by atoms with Crippen molar-refractivity contribution in [2.75, 3.05) is 0 Å². The molecule has 3 aliphatic heterocycles. The van der Waals surface area contributed by atoms with E-state index in [0.717, 1.165) is 61.8 Å². The summed E-state index contributed by atoms with van der Waals surface area (Å²) in [6.07, 6.45) is 2.31. The summed E-state index contributed by atoms with van der Waals surface area (Å²) in [7, 11) is 0. The summed E-state index contributed by atoms with van der Waals surface area (Å²) >= 11 is 0. The van der Waals surface area contributed by atoms with Gasteiger partial charge in [-0.25, -0.2) is 0 Å². The van der Waals surface area contributed by atoms with Gasteiger partial charge in [-0.05, 0) is 132 Å². The third-order valence-corrected chi connectivity index (χ3v) is 16.9. The molecule has 1 atom stereocenters. The predicted molar refractivity (Wildman–Crippen MR) is 321 cm³/mol. The summed E-state index contributed by atoms with van der Waals surface area (Å²) in [6.45, 7) is 23.2. The SMILES string of the molecule is Cc1cc(-c2ccc(C(C)(C)C)cc2)c(-n2c3[n+]4c5c(cccc52)-c2cc(-c5ccccc5)cc5c2C4(Oc2c-3cc(C(C)(C)C)cc2C(C)(C)C)[n+]2ccc(-c3ccc(-c4ccccc4)cc3)cc2-5)cc1-c1ccccc1. The number of benzene rings is 9. The highest BCUT2D eigenvalue weighted by molar-refractivity contribution is 6.00. The first kappa shape index (κ1) is 47.8. The summed E-state index contributed by atoms with van der Waals surface area (Å²) in [5.74, 6) is 0.852. The Labute approximate surface area is 459 Å². The zero-order chi connectivity index (χ0) is 53.6. The van der Waals surface area contributed by atoms with Gasteiger partial charge in [0, 0.05) is 34.4 Å². The number of hydrogen-bond donors (Lipinski definition) is 0. The van der Waals surface area contributed by atoms with Gasteiger partial charge >= 0.3 is 11.7 Å². The highest BCUT2D eigenvalue weighted by atomic mass is 16.5. The molecule has 0 amide bonds. The molecule has 0 fully saturated rings. The molecule has 0 aliphatic carbocycles. The number of hydrogen-bond acceptors (Lipinski definition) is 1. The van der Waals surface area contributed by atoms with Crippen LogP contribution in [0.4, 0.5) is 0 Å². The molecule has 1 unspecified atom stereocenters. The minimum atomic E-state index is -1.16. The zero-order valence-electron chi connectivity index (χ0n) is 46.5. The number of rotatable bonds is 6. The van der Waals surface area contributed by atoms with Crippen molar-refractivity contribution in [3.05, 3.63) is 240 Å². The molecule has 380 valence electrons. The van der Waals surface area contributed by atoms with Crippen LogP contribution in [0.25, 0.3) is 106 Å². The van der Waals surface area contributed by atoms with Crippen molar-refractivity contribution in [2.24, 2.45) is 0 Å². The van der Waals surface area contributed by atoms with Gasteiger partial charge in [0.15, 0.2) is 23.0 Å². The number of fused-ring (bicyclic) bond motifs is 5. The van der Waals surface area contributed by atoms with E-state index in [9.17, 15) is 0 Å². The van der Waals surface area contributed by atoms with E-state index >= 15 is 0 Å². The first-order valence-corrected chi connectivity index (χ1v) is 27.7. The summed E-state index contributed by atoms with van der Waals surface area (Å²) in [6, 6.07) is 77.2. The molecule has 0 N–H and O–H groups in total. The molecule has 0 radical (unpaired) electrons. The maximum atomic E-state index is 8.32. The largest absolute Gasteiger partial charge is 0.499 e. The van der Waals surface area contributed by atoms with E-state index in [2.05, 4.69) is 295 Å². The van der Waals surface area contributed by atoms with Crippen molar-refractivity contribution in [1.82, 2.24) is 4.57 Å². The first-order valence-electron chi connectivity index (χ1n) is 27.7. The summed E-state index contributed by atoms with van der Waals surface area (Å²) < 4.78 is 16.0. The number of aromatic nitrogens is 3. The van der Waals surface area contributed by atoms with Crippen molar-refractivity contribution in [3.63, 3.8) is 0 Å². The van der Waals surface area contributed by atoms with Crippen molar-refractivity contribution in [3.8, 4) is 101 Å². The highest BCUT2D eigenvalue weighted by Gasteiger charge is 2.69. The van der Waals surface area contributed by atoms with Gasteiger partial charge in [0.05, 0.1) is 5.56 Å². The molecule has 0 saturated carbocycles. The summed E-state index contributed by atoms with van der Waals surface area (Å²) in [5.41, 5.74) is 26.6. The van der Waals surface area contributed by atoms with Crippen LogP contribution < -0.4 is 13.9 Å². The van der Waals surface area contributed by atoms with E-state index in [0.29, 0.717) is 0 Å². The van der Waals surface area contributed by atoms with E-state index in [4.69, 9.17) is 4.74 Å². The lowest BCUT2D eigenvalue weighted by Crippen LogP contribution is -2.78. The molecule has 9 aromatic carbocycles. The van der Waals surface area contributed by atoms with E-state index < -0.39 is 5.85 Å². The first-order chi connectivity index (χ1) is 37.5. The fourth-order valence-corrected chi connectivity index (χ4v) is 12.8. The number of nitrogens with zero attached hydrogens (tertiary/aromatic N) is 3. The molecular weight excluding hydrogens is 947 g/mol. The lowest BCUT2D eigenvalue weighted by Gasteiger charge is -2.36. The van der Waals surface area contributed by atoms with Gasteiger partial charge in [-0.15, -0.1) is 9.13 Å². The van der Waals surface area contributed by atoms with Crippen LogP contribution in [0.5, 0.6) is 5.75 Å². The van der Waals surface area contributed by atoms with E-state index in [-0.39, 0.29) is 16.2 Å². The van der Waals surface area contributed by atoms with Crippen LogP contribution in [0.3, 0.4) is 0 Å². The second-order valence-corrected chi connectivity index (χ2v) is 25.1. The van der Waals surface area contributed by atoms with Crippen molar-refractivity contribution in [1.29, 1.82) is 0 Å². The lowest BCUT2D eigenvalue weighted by atomic mass is 9.78. The second-order valence-electron chi connectivity index (χ2n) is 25.1. The second kappa shape index (κ2) is 16.9. The topological polar surface area (TPSA) is 21.9 Å². The fraction of sp³-hybridized carbons (Fsp3) is 0.189. The zero-order valence-corrected chi connectivity index (χ0v) is 46.5. The maximum absolute atomic E-state index is 8.32. The number of para-hydroxylation sites is 1. The normalized spacial score (nSPS) is 14.9. The average Bonchev–Trinajstić information content (AvgIpc) is 2.08. The Morgan fingerprint density at radius 1 is 0.410 bits per heavy atom.